The molecular formula is C57H106O6. The van der Waals surface area contributed by atoms with Crippen molar-refractivity contribution >= 4 is 17.9 Å². The fourth-order valence-corrected chi connectivity index (χ4v) is 8.20. The van der Waals surface area contributed by atoms with Crippen LogP contribution in [0.1, 0.15) is 303 Å². The third kappa shape index (κ3) is 50.7. The molecule has 0 aliphatic carbocycles. The molecule has 0 rings (SSSR count). The Labute approximate surface area is 392 Å². The molecule has 0 saturated carbocycles. The van der Waals surface area contributed by atoms with Gasteiger partial charge in [0, 0.05) is 19.3 Å². The summed E-state index contributed by atoms with van der Waals surface area (Å²) < 4.78 is 16.8. The fraction of sp³-hybridized carbons (Fsp3) is 0.877. The summed E-state index contributed by atoms with van der Waals surface area (Å²) in [6, 6.07) is 0. The molecule has 370 valence electrons. The lowest BCUT2D eigenvalue weighted by molar-refractivity contribution is -0.167. The number of hydrogen-bond donors (Lipinski definition) is 0. The van der Waals surface area contributed by atoms with Gasteiger partial charge in [-0.05, 0) is 70.6 Å². The number of ether oxygens (including phenoxy) is 3. The number of carbonyl (C=O) groups is 3. The Bertz CT molecular complexity index is 1020. The van der Waals surface area contributed by atoms with Gasteiger partial charge >= 0.3 is 17.9 Å². The largest absolute Gasteiger partial charge is 0.462 e. The van der Waals surface area contributed by atoms with Gasteiger partial charge in [0.25, 0.3) is 0 Å². The highest BCUT2D eigenvalue weighted by Gasteiger charge is 2.19. The zero-order valence-electron chi connectivity index (χ0n) is 42.4. The SMILES string of the molecule is CCCCC/C=C\CCCCCCCC(=O)OCC(COC(=O)CCCCCCCCCCCCCCCCCCCCC)OC(=O)CCCCC/C=C\CCCCCCCCC. The van der Waals surface area contributed by atoms with E-state index in [2.05, 4.69) is 45.1 Å². The van der Waals surface area contributed by atoms with E-state index in [0.29, 0.717) is 19.3 Å². The fourth-order valence-electron chi connectivity index (χ4n) is 8.20. The van der Waals surface area contributed by atoms with Gasteiger partial charge in [0.1, 0.15) is 13.2 Å². The Morgan fingerprint density at radius 2 is 0.524 bits per heavy atom. The minimum Gasteiger partial charge on any atom is -0.462 e. The summed E-state index contributed by atoms with van der Waals surface area (Å²) in [5, 5.41) is 0. The van der Waals surface area contributed by atoms with Gasteiger partial charge in [-0.15, -0.1) is 0 Å². The molecule has 0 N–H and O–H groups in total. The number of rotatable bonds is 51. The monoisotopic (exact) mass is 887 g/mol. The summed E-state index contributed by atoms with van der Waals surface area (Å²) >= 11 is 0. The summed E-state index contributed by atoms with van der Waals surface area (Å²) in [7, 11) is 0. The summed E-state index contributed by atoms with van der Waals surface area (Å²) in [6.45, 7) is 6.63. The van der Waals surface area contributed by atoms with Crippen molar-refractivity contribution < 1.29 is 28.6 Å². The maximum absolute atomic E-state index is 12.8. The van der Waals surface area contributed by atoms with Crippen LogP contribution < -0.4 is 0 Å². The van der Waals surface area contributed by atoms with E-state index < -0.39 is 6.10 Å². The molecule has 1 atom stereocenters. The van der Waals surface area contributed by atoms with Crippen molar-refractivity contribution in [2.75, 3.05) is 13.2 Å². The molecule has 0 aromatic rings. The lowest BCUT2D eigenvalue weighted by atomic mass is 10.0. The molecule has 0 aliphatic heterocycles. The molecule has 0 spiro atoms. The average molecular weight is 887 g/mol. The summed E-state index contributed by atoms with van der Waals surface area (Å²) in [5.74, 6) is -0.885. The predicted octanol–water partition coefficient (Wildman–Crippen LogP) is 18.3. The van der Waals surface area contributed by atoms with Gasteiger partial charge in [0.15, 0.2) is 6.10 Å². The number of carbonyl (C=O) groups excluding carboxylic acids is 3. The summed E-state index contributed by atoms with van der Waals surface area (Å²) in [6.07, 6.45) is 60.3. The van der Waals surface area contributed by atoms with Crippen molar-refractivity contribution in [1.29, 1.82) is 0 Å². The molecule has 63 heavy (non-hydrogen) atoms. The van der Waals surface area contributed by atoms with Gasteiger partial charge in [-0.1, -0.05) is 238 Å². The second kappa shape index (κ2) is 52.5. The van der Waals surface area contributed by atoms with Crippen LogP contribution in [0.15, 0.2) is 24.3 Å². The van der Waals surface area contributed by atoms with Gasteiger partial charge in [-0.25, -0.2) is 0 Å². The summed E-state index contributed by atoms with van der Waals surface area (Å²) in [5.41, 5.74) is 0. The highest BCUT2D eigenvalue weighted by molar-refractivity contribution is 5.71. The second-order valence-corrected chi connectivity index (χ2v) is 18.8. The average Bonchev–Trinajstić information content (AvgIpc) is 3.28. The van der Waals surface area contributed by atoms with Crippen LogP contribution in [0.5, 0.6) is 0 Å². The Kier molecular flexibility index (Phi) is 50.8. The maximum atomic E-state index is 12.8. The van der Waals surface area contributed by atoms with Crippen LogP contribution in [-0.2, 0) is 28.6 Å². The molecule has 0 aromatic heterocycles. The molecule has 0 amide bonds. The van der Waals surface area contributed by atoms with E-state index in [1.165, 1.54) is 186 Å². The Balaban J connectivity index is 4.30. The van der Waals surface area contributed by atoms with Crippen LogP contribution in [0.4, 0.5) is 0 Å². The third-order valence-electron chi connectivity index (χ3n) is 12.4. The number of esters is 3. The van der Waals surface area contributed by atoms with Crippen LogP contribution in [0.25, 0.3) is 0 Å². The van der Waals surface area contributed by atoms with Crippen LogP contribution >= 0.6 is 0 Å². The Hall–Kier alpha value is -2.11. The molecule has 6 heteroatoms. The predicted molar refractivity (Wildman–Crippen MR) is 270 cm³/mol. The van der Waals surface area contributed by atoms with Gasteiger partial charge in [-0.2, -0.15) is 0 Å². The van der Waals surface area contributed by atoms with E-state index in [9.17, 15) is 14.4 Å². The first kappa shape index (κ1) is 60.9. The second-order valence-electron chi connectivity index (χ2n) is 18.8. The topological polar surface area (TPSA) is 78.9 Å². The smallest absolute Gasteiger partial charge is 0.306 e. The van der Waals surface area contributed by atoms with E-state index in [0.717, 1.165) is 77.0 Å². The van der Waals surface area contributed by atoms with E-state index in [1.54, 1.807) is 0 Å². The molecule has 0 radical (unpaired) electrons. The van der Waals surface area contributed by atoms with Gasteiger partial charge in [0.2, 0.25) is 0 Å². The van der Waals surface area contributed by atoms with E-state index >= 15 is 0 Å². The number of hydrogen-bond acceptors (Lipinski definition) is 6. The van der Waals surface area contributed by atoms with Crippen LogP contribution in [0, 0.1) is 0 Å². The highest BCUT2D eigenvalue weighted by atomic mass is 16.6. The van der Waals surface area contributed by atoms with E-state index in [1.807, 2.05) is 0 Å². The van der Waals surface area contributed by atoms with Gasteiger partial charge in [-0.3, -0.25) is 14.4 Å². The minimum atomic E-state index is -0.778. The lowest BCUT2D eigenvalue weighted by Gasteiger charge is -2.18. The van der Waals surface area contributed by atoms with Gasteiger partial charge in [0.05, 0.1) is 0 Å². The van der Waals surface area contributed by atoms with Crippen LogP contribution in [0.3, 0.4) is 0 Å². The molecular weight excluding hydrogens is 781 g/mol. The summed E-state index contributed by atoms with van der Waals surface area (Å²) in [4.78, 5) is 38.0. The Morgan fingerprint density at radius 3 is 0.841 bits per heavy atom. The molecule has 6 nitrogen and oxygen atoms in total. The Morgan fingerprint density at radius 1 is 0.302 bits per heavy atom. The maximum Gasteiger partial charge on any atom is 0.306 e. The van der Waals surface area contributed by atoms with Crippen molar-refractivity contribution in [2.45, 2.75) is 309 Å². The molecule has 0 heterocycles. The number of allylic oxidation sites excluding steroid dienone is 4. The molecule has 1 unspecified atom stereocenters. The molecule has 0 saturated heterocycles. The molecule has 0 aromatic carbocycles. The van der Waals surface area contributed by atoms with Crippen molar-refractivity contribution in [3.63, 3.8) is 0 Å². The highest BCUT2D eigenvalue weighted by Crippen LogP contribution is 2.16. The quantitative estimate of drug-likeness (QED) is 0.0262. The zero-order chi connectivity index (χ0) is 45.8. The van der Waals surface area contributed by atoms with Crippen molar-refractivity contribution in [1.82, 2.24) is 0 Å². The normalized spacial score (nSPS) is 12.1. The van der Waals surface area contributed by atoms with Crippen molar-refractivity contribution in [3.8, 4) is 0 Å². The lowest BCUT2D eigenvalue weighted by Crippen LogP contribution is -2.30. The molecule has 0 fully saturated rings. The van der Waals surface area contributed by atoms with E-state index in [-0.39, 0.29) is 31.1 Å². The molecule has 0 bridgehead atoms. The van der Waals surface area contributed by atoms with Crippen LogP contribution in [0.2, 0.25) is 0 Å². The van der Waals surface area contributed by atoms with E-state index in [4.69, 9.17) is 14.2 Å². The van der Waals surface area contributed by atoms with Crippen molar-refractivity contribution in [3.05, 3.63) is 24.3 Å². The zero-order valence-corrected chi connectivity index (χ0v) is 42.4. The third-order valence-corrected chi connectivity index (χ3v) is 12.4. The first-order valence-corrected chi connectivity index (χ1v) is 27.8. The number of unbranched alkanes of at least 4 members (excludes halogenated alkanes) is 36. The standard InChI is InChI=1S/C57H106O6/c1-4-7-10-13-16-19-22-25-27-28-29-30-31-33-35-38-41-44-47-50-56(59)62-53-54(52-61-55(58)49-46-43-40-37-34-24-21-18-15-12-9-6-3)63-57(60)51-48-45-42-39-36-32-26-23-20-17-14-11-8-5-2/h18,21,32,36,54H,4-17,19-20,22-31,33-35,37-53H2,1-3H3/b21-18-,36-32-. The first-order chi connectivity index (χ1) is 31.0. The van der Waals surface area contributed by atoms with Crippen LogP contribution in [-0.4, -0.2) is 37.2 Å². The minimum absolute atomic E-state index is 0.0758. The molecule has 0 aliphatic rings. The van der Waals surface area contributed by atoms with Gasteiger partial charge < -0.3 is 14.2 Å². The van der Waals surface area contributed by atoms with Crippen molar-refractivity contribution in [2.24, 2.45) is 0 Å². The first-order valence-electron chi connectivity index (χ1n) is 27.8.